The van der Waals surface area contributed by atoms with Crippen LogP contribution in [0.3, 0.4) is 0 Å². The van der Waals surface area contributed by atoms with Crippen LogP contribution in [0.25, 0.3) is 0 Å². The summed E-state index contributed by atoms with van der Waals surface area (Å²) in [7, 11) is 2.03. The van der Waals surface area contributed by atoms with E-state index in [2.05, 4.69) is 10.3 Å². The molecule has 2 aromatic heterocycles. The molecule has 0 aliphatic rings. The molecule has 1 amide bonds. The highest BCUT2D eigenvalue weighted by atomic mass is 32.1. The molecule has 5 nitrogen and oxygen atoms in total. The predicted octanol–water partition coefficient (Wildman–Crippen LogP) is 2.19. The number of thiophene rings is 1. The van der Waals surface area contributed by atoms with Gasteiger partial charge in [0.1, 0.15) is 11.5 Å². The highest BCUT2D eigenvalue weighted by Gasteiger charge is 2.13. The molecule has 2 aromatic rings. The van der Waals surface area contributed by atoms with Crippen LogP contribution in [0, 0.1) is 13.8 Å². The van der Waals surface area contributed by atoms with Gasteiger partial charge >= 0.3 is 0 Å². The van der Waals surface area contributed by atoms with Crippen molar-refractivity contribution in [1.82, 2.24) is 10.3 Å². The van der Waals surface area contributed by atoms with Gasteiger partial charge in [0.2, 0.25) is 0 Å². The summed E-state index contributed by atoms with van der Waals surface area (Å²) in [6.45, 7) is 5.45. The smallest absolute Gasteiger partial charge is 0.275 e. The van der Waals surface area contributed by atoms with E-state index in [9.17, 15) is 4.79 Å². The van der Waals surface area contributed by atoms with Gasteiger partial charge in [-0.15, -0.1) is 11.3 Å². The minimum atomic E-state index is -0.242. The van der Waals surface area contributed by atoms with E-state index in [-0.39, 0.29) is 5.91 Å². The molecule has 0 fully saturated rings. The van der Waals surface area contributed by atoms with Gasteiger partial charge in [-0.05, 0) is 44.7 Å². The van der Waals surface area contributed by atoms with Crippen LogP contribution in [0.1, 0.15) is 31.6 Å². The molecule has 2 rings (SSSR count). The molecule has 0 aliphatic heterocycles. The lowest BCUT2D eigenvalue weighted by Gasteiger charge is -2.14. The zero-order valence-corrected chi connectivity index (χ0v) is 12.7. The van der Waals surface area contributed by atoms with Crippen LogP contribution in [-0.2, 0) is 13.1 Å². The average Bonchev–Trinajstić information content (AvgIpc) is 2.96. The van der Waals surface area contributed by atoms with Crippen LogP contribution in [0.4, 0.5) is 0 Å². The van der Waals surface area contributed by atoms with Crippen molar-refractivity contribution >= 4 is 17.2 Å². The van der Waals surface area contributed by atoms with E-state index in [0.717, 1.165) is 35.1 Å². The Labute approximate surface area is 122 Å². The third kappa shape index (κ3) is 3.47. The van der Waals surface area contributed by atoms with Gasteiger partial charge in [0.05, 0.1) is 11.4 Å². The molecule has 2 heterocycles. The van der Waals surface area contributed by atoms with Crippen molar-refractivity contribution in [3.8, 4) is 0 Å². The molecular weight excluding hydrogens is 274 g/mol. The molecule has 0 spiro atoms. The lowest BCUT2D eigenvalue weighted by atomic mass is 10.2. The first-order valence-corrected chi connectivity index (χ1v) is 7.15. The maximum Gasteiger partial charge on any atom is 0.275 e. The van der Waals surface area contributed by atoms with E-state index in [1.165, 1.54) is 11.3 Å². The van der Waals surface area contributed by atoms with Gasteiger partial charge in [0, 0.05) is 11.4 Å². The van der Waals surface area contributed by atoms with Crippen molar-refractivity contribution in [2.75, 3.05) is 7.05 Å². The minimum absolute atomic E-state index is 0.242. The first-order valence-electron chi connectivity index (χ1n) is 6.33. The number of amides is 1. The third-order valence-corrected chi connectivity index (χ3v) is 4.13. The lowest BCUT2D eigenvalue weighted by Crippen LogP contribution is -2.29. The number of hydrogen-bond acceptors (Lipinski definition) is 5. The minimum Gasteiger partial charge on any atom is -0.465 e. The second kappa shape index (κ2) is 6.21. The monoisotopic (exact) mass is 293 g/mol. The molecule has 0 bridgehead atoms. The molecule has 0 atom stereocenters. The summed E-state index contributed by atoms with van der Waals surface area (Å²) in [6, 6.07) is 5.84. The Hall–Kier alpha value is -1.63. The second-order valence-electron chi connectivity index (χ2n) is 4.85. The Morgan fingerprint density at radius 1 is 1.40 bits per heavy atom. The fraction of sp³-hybridized carbons (Fsp3) is 0.357. The number of hydrogen-bond donors (Lipinski definition) is 2. The summed E-state index contributed by atoms with van der Waals surface area (Å²) in [5.74, 6) is 6.77. The third-order valence-electron chi connectivity index (χ3n) is 3.04. The Morgan fingerprint density at radius 3 is 2.75 bits per heavy atom. The summed E-state index contributed by atoms with van der Waals surface area (Å²) in [6.07, 6.45) is 0. The number of carbonyl (C=O) groups is 1. The van der Waals surface area contributed by atoms with Crippen molar-refractivity contribution in [1.29, 1.82) is 0 Å². The largest absolute Gasteiger partial charge is 0.465 e. The first kappa shape index (κ1) is 14.8. The van der Waals surface area contributed by atoms with Crippen LogP contribution in [0.15, 0.2) is 22.6 Å². The number of hydrazine groups is 1. The summed E-state index contributed by atoms with van der Waals surface area (Å²) >= 11 is 1.46. The van der Waals surface area contributed by atoms with E-state index in [1.54, 1.807) is 0 Å². The highest BCUT2D eigenvalue weighted by Crippen LogP contribution is 2.23. The van der Waals surface area contributed by atoms with Gasteiger partial charge in [-0.1, -0.05) is 0 Å². The van der Waals surface area contributed by atoms with Gasteiger partial charge in [0.25, 0.3) is 5.91 Å². The molecule has 0 saturated heterocycles. The van der Waals surface area contributed by atoms with E-state index >= 15 is 0 Å². The quantitative estimate of drug-likeness (QED) is 0.503. The summed E-state index contributed by atoms with van der Waals surface area (Å²) < 4.78 is 5.56. The fourth-order valence-electron chi connectivity index (χ4n) is 2.04. The first-order chi connectivity index (χ1) is 9.49. The molecular formula is C14H19N3O2S. The van der Waals surface area contributed by atoms with Gasteiger partial charge < -0.3 is 4.42 Å². The van der Waals surface area contributed by atoms with Gasteiger partial charge in [0.15, 0.2) is 0 Å². The molecule has 3 N–H and O–H groups in total. The summed E-state index contributed by atoms with van der Waals surface area (Å²) in [5.41, 5.74) is 3.30. The number of nitrogen functional groups attached to an aromatic ring is 1. The fourth-order valence-corrected chi connectivity index (χ4v) is 2.98. The van der Waals surface area contributed by atoms with Crippen molar-refractivity contribution in [2.24, 2.45) is 5.84 Å². The standard InChI is InChI=1S/C14H19N3O2S/c1-9-4-5-12(19-9)8-17(3)7-11-6-13(14(18)16-15)20-10(11)2/h4-6H,7-8,15H2,1-3H3,(H,16,18). The zero-order valence-electron chi connectivity index (χ0n) is 11.9. The molecule has 0 aromatic carbocycles. The molecule has 108 valence electrons. The maximum absolute atomic E-state index is 11.5. The SMILES string of the molecule is Cc1ccc(CN(C)Cc2cc(C(=O)NN)sc2C)o1. The summed E-state index contributed by atoms with van der Waals surface area (Å²) in [5, 5.41) is 0. The maximum atomic E-state index is 11.5. The molecule has 0 unspecified atom stereocenters. The zero-order chi connectivity index (χ0) is 14.7. The van der Waals surface area contributed by atoms with Crippen LogP contribution in [0.2, 0.25) is 0 Å². The van der Waals surface area contributed by atoms with Crippen LogP contribution in [-0.4, -0.2) is 17.9 Å². The number of nitrogens with two attached hydrogens (primary N) is 1. The lowest BCUT2D eigenvalue weighted by molar-refractivity contribution is 0.0957. The number of carbonyl (C=O) groups excluding carboxylic acids is 1. The van der Waals surface area contributed by atoms with Gasteiger partial charge in [-0.2, -0.15) is 0 Å². The second-order valence-corrected chi connectivity index (χ2v) is 6.11. The van der Waals surface area contributed by atoms with Crippen molar-refractivity contribution < 1.29 is 9.21 Å². The number of rotatable bonds is 5. The topological polar surface area (TPSA) is 71.5 Å². The molecule has 20 heavy (non-hydrogen) atoms. The van der Waals surface area contributed by atoms with Crippen LogP contribution in [0.5, 0.6) is 0 Å². The van der Waals surface area contributed by atoms with Crippen LogP contribution >= 0.6 is 11.3 Å². The summed E-state index contributed by atoms with van der Waals surface area (Å²) in [4.78, 5) is 15.4. The number of nitrogens with zero attached hydrogens (tertiary/aromatic N) is 1. The molecule has 0 radical (unpaired) electrons. The highest BCUT2D eigenvalue weighted by molar-refractivity contribution is 7.14. The van der Waals surface area contributed by atoms with Gasteiger partial charge in [-0.25, -0.2) is 5.84 Å². The Kier molecular flexibility index (Phi) is 4.59. The van der Waals surface area contributed by atoms with E-state index in [4.69, 9.17) is 10.3 Å². The van der Waals surface area contributed by atoms with E-state index in [1.807, 2.05) is 39.1 Å². The van der Waals surface area contributed by atoms with E-state index < -0.39 is 0 Å². The Bertz CT molecular complexity index is 603. The Balaban J connectivity index is 2.02. The van der Waals surface area contributed by atoms with E-state index in [0.29, 0.717) is 4.88 Å². The number of nitrogens with one attached hydrogen (secondary N) is 1. The predicted molar refractivity (Wildman–Crippen MR) is 79.3 cm³/mol. The molecule has 0 aliphatic carbocycles. The molecule has 0 saturated carbocycles. The molecule has 6 heteroatoms. The van der Waals surface area contributed by atoms with Crippen molar-refractivity contribution in [3.63, 3.8) is 0 Å². The number of aryl methyl sites for hydroxylation is 2. The normalized spacial score (nSPS) is 11.1. The van der Waals surface area contributed by atoms with Crippen molar-refractivity contribution in [2.45, 2.75) is 26.9 Å². The van der Waals surface area contributed by atoms with Crippen LogP contribution < -0.4 is 11.3 Å². The van der Waals surface area contributed by atoms with Gasteiger partial charge in [-0.3, -0.25) is 15.1 Å². The number of furan rings is 1. The average molecular weight is 293 g/mol. The Morgan fingerprint density at radius 2 is 2.15 bits per heavy atom. The van der Waals surface area contributed by atoms with Crippen molar-refractivity contribution in [3.05, 3.63) is 45.0 Å².